The Morgan fingerprint density at radius 1 is 0.769 bits per heavy atom. The smallest absolute Gasteiger partial charge is 0.335 e. The molecule has 0 aliphatic heterocycles. The molecule has 0 heterocycles. The number of phenols is 1. The average molecular weight is 535 g/mol. The number of ether oxygens (including phenoxy) is 1. The van der Waals surface area contributed by atoms with Crippen LogP contribution in [0.1, 0.15) is 136 Å². The van der Waals surface area contributed by atoms with Crippen molar-refractivity contribution in [1.29, 1.82) is 0 Å². The van der Waals surface area contributed by atoms with Crippen molar-refractivity contribution >= 4 is 5.97 Å². The fourth-order valence-corrected chi connectivity index (χ4v) is 4.77. The molecule has 0 aliphatic carbocycles. The van der Waals surface area contributed by atoms with Gasteiger partial charge in [0.15, 0.2) is 0 Å². The van der Waals surface area contributed by atoms with Gasteiger partial charge in [0, 0.05) is 23.6 Å². The van der Waals surface area contributed by atoms with Crippen molar-refractivity contribution < 1.29 is 14.6 Å². The van der Waals surface area contributed by atoms with E-state index in [1.807, 2.05) is 0 Å². The first-order valence-electron chi connectivity index (χ1n) is 14.7. The number of benzene rings is 2. The molecule has 3 nitrogen and oxygen atoms in total. The van der Waals surface area contributed by atoms with Gasteiger partial charge in [-0.2, -0.15) is 0 Å². The second-order valence-corrected chi connectivity index (χ2v) is 14.4. The minimum Gasteiger partial charge on any atom is -0.507 e. The zero-order valence-corrected chi connectivity index (χ0v) is 26.9. The molecule has 0 saturated heterocycles. The Kier molecular flexibility index (Phi) is 9.97. The Bertz CT molecular complexity index is 1190. The van der Waals surface area contributed by atoms with Crippen LogP contribution in [0.15, 0.2) is 36.9 Å². The molecule has 0 aliphatic rings. The molecular formula is C36H54O3. The van der Waals surface area contributed by atoms with Crippen molar-refractivity contribution in [2.75, 3.05) is 0 Å². The standard InChI is InChI=1S/C36H54O3/c1-14-30(37)39-32-25(20-28(35(10,11)16-3)22-29(32)36(12,13)17-4)18-24-19-27(34(8,9)15-2)21-26(31(24)38)23-33(5,6)7/h14,19-22,38H,1,15-18,23H2,2-13H3. The molecular weight excluding hydrogens is 480 g/mol. The van der Waals surface area contributed by atoms with Crippen LogP contribution in [0.4, 0.5) is 0 Å². The van der Waals surface area contributed by atoms with Crippen molar-refractivity contribution in [3.8, 4) is 11.5 Å². The molecule has 0 spiro atoms. The minimum atomic E-state index is -0.467. The first-order chi connectivity index (χ1) is 17.8. The molecule has 0 atom stereocenters. The third kappa shape index (κ3) is 7.77. The van der Waals surface area contributed by atoms with Gasteiger partial charge in [-0.1, -0.05) is 114 Å². The lowest BCUT2D eigenvalue weighted by Crippen LogP contribution is -2.23. The van der Waals surface area contributed by atoms with Crippen molar-refractivity contribution in [3.05, 3.63) is 70.3 Å². The molecule has 39 heavy (non-hydrogen) atoms. The molecule has 2 rings (SSSR count). The van der Waals surface area contributed by atoms with E-state index in [1.54, 1.807) is 0 Å². The summed E-state index contributed by atoms with van der Waals surface area (Å²) in [4.78, 5) is 12.6. The molecule has 3 heteroatoms. The minimum absolute atomic E-state index is 0.0256. The van der Waals surface area contributed by atoms with Gasteiger partial charge in [0.25, 0.3) is 0 Å². The summed E-state index contributed by atoms with van der Waals surface area (Å²) >= 11 is 0. The Hall–Kier alpha value is -2.55. The number of aromatic hydroxyl groups is 1. The largest absolute Gasteiger partial charge is 0.507 e. The lowest BCUT2D eigenvalue weighted by atomic mass is 9.74. The highest BCUT2D eigenvalue weighted by Gasteiger charge is 2.31. The maximum absolute atomic E-state index is 12.6. The number of hydrogen-bond acceptors (Lipinski definition) is 3. The molecule has 0 unspecified atom stereocenters. The summed E-state index contributed by atoms with van der Waals surface area (Å²) in [5.41, 5.74) is 5.95. The molecule has 0 radical (unpaired) electrons. The first kappa shape index (κ1) is 32.7. The van der Waals surface area contributed by atoms with E-state index in [0.717, 1.165) is 47.9 Å². The van der Waals surface area contributed by atoms with Crippen LogP contribution in [0, 0.1) is 5.41 Å². The second-order valence-electron chi connectivity index (χ2n) is 14.4. The van der Waals surface area contributed by atoms with E-state index < -0.39 is 5.97 Å². The lowest BCUT2D eigenvalue weighted by Gasteiger charge is -2.32. The summed E-state index contributed by atoms with van der Waals surface area (Å²) in [6.07, 6.45) is 5.32. The van der Waals surface area contributed by atoms with Gasteiger partial charge < -0.3 is 9.84 Å². The van der Waals surface area contributed by atoms with E-state index in [0.29, 0.717) is 17.9 Å². The third-order valence-corrected chi connectivity index (χ3v) is 8.85. The van der Waals surface area contributed by atoms with Gasteiger partial charge in [0.1, 0.15) is 11.5 Å². The van der Waals surface area contributed by atoms with Gasteiger partial charge in [0.2, 0.25) is 0 Å². The van der Waals surface area contributed by atoms with E-state index >= 15 is 0 Å². The second kappa shape index (κ2) is 11.9. The normalized spacial score (nSPS) is 12.9. The van der Waals surface area contributed by atoms with Gasteiger partial charge in [-0.05, 0) is 69.6 Å². The zero-order valence-electron chi connectivity index (χ0n) is 26.9. The van der Waals surface area contributed by atoms with Crippen LogP contribution in [0.5, 0.6) is 11.5 Å². The van der Waals surface area contributed by atoms with Crippen LogP contribution in [0.3, 0.4) is 0 Å². The zero-order chi connectivity index (χ0) is 30.0. The Balaban J connectivity index is 2.95. The number of carbonyl (C=O) groups is 1. The quantitative estimate of drug-likeness (QED) is 0.177. The number of hydrogen-bond donors (Lipinski definition) is 1. The molecule has 2 aromatic carbocycles. The molecule has 0 amide bonds. The highest BCUT2D eigenvalue weighted by Crippen LogP contribution is 2.43. The molecule has 0 fully saturated rings. The van der Waals surface area contributed by atoms with E-state index in [9.17, 15) is 9.90 Å². The van der Waals surface area contributed by atoms with Gasteiger partial charge in [-0.15, -0.1) is 0 Å². The summed E-state index contributed by atoms with van der Waals surface area (Å²) in [5.74, 6) is 0.475. The average Bonchev–Trinajstić information content (AvgIpc) is 2.85. The Morgan fingerprint density at radius 3 is 1.69 bits per heavy atom. The predicted octanol–water partition coefficient (Wildman–Crippen LogP) is 9.73. The lowest BCUT2D eigenvalue weighted by molar-refractivity contribution is -0.129. The summed E-state index contributed by atoms with van der Waals surface area (Å²) in [6, 6.07) is 8.76. The number of phenolic OH excluding ortho intramolecular Hbond substituents is 1. The molecule has 0 aromatic heterocycles. The first-order valence-corrected chi connectivity index (χ1v) is 14.7. The monoisotopic (exact) mass is 534 g/mol. The maximum atomic E-state index is 12.6. The van der Waals surface area contributed by atoms with E-state index in [1.165, 1.54) is 17.2 Å². The van der Waals surface area contributed by atoms with Gasteiger partial charge >= 0.3 is 5.97 Å². The summed E-state index contributed by atoms with van der Waals surface area (Å²) in [7, 11) is 0. The van der Waals surface area contributed by atoms with Gasteiger partial charge in [-0.3, -0.25) is 0 Å². The third-order valence-electron chi connectivity index (χ3n) is 8.85. The van der Waals surface area contributed by atoms with E-state index in [2.05, 4.69) is 114 Å². The van der Waals surface area contributed by atoms with Crippen LogP contribution in [-0.2, 0) is 33.9 Å². The summed E-state index contributed by atoms with van der Waals surface area (Å²) < 4.78 is 6.02. The molecule has 0 saturated carbocycles. The van der Waals surface area contributed by atoms with Crippen molar-refractivity contribution in [1.82, 2.24) is 0 Å². The van der Waals surface area contributed by atoms with Crippen molar-refractivity contribution in [3.63, 3.8) is 0 Å². The number of esters is 1. The highest BCUT2D eigenvalue weighted by atomic mass is 16.5. The fourth-order valence-electron chi connectivity index (χ4n) is 4.77. The van der Waals surface area contributed by atoms with Crippen molar-refractivity contribution in [2.24, 2.45) is 5.41 Å². The number of rotatable bonds is 11. The molecule has 216 valence electrons. The predicted molar refractivity (Wildman–Crippen MR) is 166 cm³/mol. The Morgan fingerprint density at radius 2 is 1.23 bits per heavy atom. The SMILES string of the molecule is C=CC(=O)Oc1c(Cc2cc(C(C)(C)CC)cc(CC(C)(C)C)c2O)cc(C(C)(C)CC)cc1C(C)(C)CC. The summed E-state index contributed by atoms with van der Waals surface area (Å²) in [5, 5.41) is 11.6. The van der Waals surface area contributed by atoms with Gasteiger partial charge in [0.05, 0.1) is 0 Å². The highest BCUT2D eigenvalue weighted by molar-refractivity contribution is 5.84. The van der Waals surface area contributed by atoms with Crippen molar-refractivity contribution in [2.45, 2.75) is 131 Å². The van der Waals surface area contributed by atoms with Crippen LogP contribution in [0.25, 0.3) is 0 Å². The van der Waals surface area contributed by atoms with Gasteiger partial charge in [-0.25, -0.2) is 4.79 Å². The van der Waals surface area contributed by atoms with E-state index in [-0.39, 0.29) is 21.7 Å². The maximum Gasteiger partial charge on any atom is 0.335 e. The van der Waals surface area contributed by atoms with Crippen LogP contribution in [0.2, 0.25) is 0 Å². The number of carbonyl (C=O) groups excluding carboxylic acids is 1. The molecule has 0 bridgehead atoms. The molecule has 2 aromatic rings. The Labute approximate surface area is 239 Å². The van der Waals surface area contributed by atoms with Crippen LogP contribution in [-0.4, -0.2) is 11.1 Å². The molecule has 1 N–H and O–H groups in total. The van der Waals surface area contributed by atoms with Crippen LogP contribution < -0.4 is 4.74 Å². The van der Waals surface area contributed by atoms with Crippen LogP contribution >= 0.6 is 0 Å². The summed E-state index contributed by atoms with van der Waals surface area (Å²) in [6.45, 7) is 30.2. The topological polar surface area (TPSA) is 46.5 Å². The fraction of sp³-hybridized carbons (Fsp3) is 0.583. The van der Waals surface area contributed by atoms with E-state index in [4.69, 9.17) is 4.74 Å².